The van der Waals surface area contributed by atoms with E-state index >= 15 is 0 Å². The summed E-state index contributed by atoms with van der Waals surface area (Å²) >= 11 is 13.5. The van der Waals surface area contributed by atoms with Crippen LogP contribution in [-0.2, 0) is 6.42 Å². The van der Waals surface area contributed by atoms with Gasteiger partial charge in [-0.25, -0.2) is 4.98 Å². The smallest absolute Gasteiger partial charge is 0.252 e. The first-order chi connectivity index (χ1) is 14.6. The fourth-order valence-corrected chi connectivity index (χ4v) is 4.62. The highest BCUT2D eigenvalue weighted by Gasteiger charge is 2.22. The number of rotatable bonds is 6. The number of piperidine rings is 1. The van der Waals surface area contributed by atoms with E-state index < -0.39 is 0 Å². The number of nitrogens with one attached hydrogen (secondary N) is 1. The molecule has 2 heterocycles. The number of carbonyl (C=O) groups is 1. The number of halogens is 2. The Kier molecular flexibility index (Phi) is 6.87. The summed E-state index contributed by atoms with van der Waals surface area (Å²) in [7, 11) is 0. The number of hydrogen-bond donors (Lipinski definition) is 1. The van der Waals surface area contributed by atoms with Crippen LogP contribution >= 0.6 is 34.7 Å². The van der Waals surface area contributed by atoms with E-state index in [1.165, 1.54) is 11.5 Å². The van der Waals surface area contributed by atoms with Crippen molar-refractivity contribution in [2.75, 3.05) is 24.5 Å². The Labute approximate surface area is 190 Å². The molecule has 30 heavy (non-hydrogen) atoms. The molecule has 0 saturated carbocycles. The van der Waals surface area contributed by atoms with Gasteiger partial charge in [-0.05, 0) is 48.6 Å². The van der Waals surface area contributed by atoms with Gasteiger partial charge in [-0.15, -0.1) is 0 Å². The van der Waals surface area contributed by atoms with Crippen LogP contribution in [0.3, 0.4) is 0 Å². The number of amides is 1. The van der Waals surface area contributed by atoms with E-state index in [-0.39, 0.29) is 5.91 Å². The van der Waals surface area contributed by atoms with Crippen molar-refractivity contribution in [1.29, 1.82) is 0 Å². The first kappa shape index (κ1) is 21.1. The lowest BCUT2D eigenvalue weighted by molar-refractivity contribution is 0.0945. The lowest BCUT2D eigenvalue weighted by Crippen LogP contribution is -2.38. The van der Waals surface area contributed by atoms with Crippen molar-refractivity contribution < 1.29 is 4.79 Å². The van der Waals surface area contributed by atoms with Gasteiger partial charge in [-0.3, -0.25) is 4.79 Å². The highest BCUT2D eigenvalue weighted by Crippen LogP contribution is 2.25. The van der Waals surface area contributed by atoms with Crippen LogP contribution in [0.4, 0.5) is 5.13 Å². The molecule has 1 aromatic heterocycles. The molecule has 0 radical (unpaired) electrons. The van der Waals surface area contributed by atoms with E-state index in [1.807, 2.05) is 36.4 Å². The van der Waals surface area contributed by atoms with Gasteiger partial charge in [0.25, 0.3) is 5.91 Å². The van der Waals surface area contributed by atoms with Gasteiger partial charge in [0.1, 0.15) is 5.82 Å². The van der Waals surface area contributed by atoms with Crippen LogP contribution in [0.15, 0.2) is 48.5 Å². The predicted octanol–water partition coefficient (Wildman–Crippen LogP) is 5.08. The Morgan fingerprint density at radius 3 is 2.57 bits per heavy atom. The fraction of sp³-hybridized carbons (Fsp3) is 0.318. The second-order valence-electron chi connectivity index (χ2n) is 7.42. The first-order valence-corrected chi connectivity index (χ1v) is 11.5. The largest absolute Gasteiger partial charge is 0.352 e. The minimum absolute atomic E-state index is 0.112. The minimum Gasteiger partial charge on any atom is -0.352 e. The zero-order valence-electron chi connectivity index (χ0n) is 16.4. The molecule has 5 nitrogen and oxygen atoms in total. The Morgan fingerprint density at radius 1 is 1.10 bits per heavy atom. The molecule has 3 aromatic rings. The average Bonchev–Trinajstić information content (AvgIpc) is 3.23. The second-order valence-corrected chi connectivity index (χ2v) is 8.99. The number of aromatic nitrogens is 2. The fourth-order valence-electron chi connectivity index (χ4n) is 3.54. The molecule has 0 atom stereocenters. The van der Waals surface area contributed by atoms with E-state index in [2.05, 4.69) is 14.6 Å². The lowest BCUT2D eigenvalue weighted by atomic mass is 9.97. The van der Waals surface area contributed by atoms with Gasteiger partial charge < -0.3 is 10.2 Å². The summed E-state index contributed by atoms with van der Waals surface area (Å²) < 4.78 is 4.52. The van der Waals surface area contributed by atoms with Crippen LogP contribution in [0.2, 0.25) is 10.0 Å². The molecule has 1 saturated heterocycles. The van der Waals surface area contributed by atoms with E-state index in [4.69, 9.17) is 28.2 Å². The number of anilines is 1. The molecule has 0 bridgehead atoms. The lowest BCUT2D eigenvalue weighted by Gasteiger charge is -2.31. The van der Waals surface area contributed by atoms with Gasteiger partial charge in [0, 0.05) is 42.6 Å². The van der Waals surface area contributed by atoms with Gasteiger partial charge in [-0.1, -0.05) is 47.5 Å². The molecule has 1 aliphatic rings. The molecule has 2 aromatic carbocycles. The molecule has 0 unspecified atom stereocenters. The summed E-state index contributed by atoms with van der Waals surface area (Å²) in [6.07, 6.45) is 2.72. The molecule has 1 aliphatic heterocycles. The van der Waals surface area contributed by atoms with Gasteiger partial charge in [0.05, 0.1) is 10.6 Å². The molecule has 8 heteroatoms. The van der Waals surface area contributed by atoms with Crippen molar-refractivity contribution in [1.82, 2.24) is 14.7 Å². The standard InChI is InChI=1S/C22H22Cl2N4OS/c23-17-7-5-15(6-8-17)13-20-26-22(30-27-20)28-11-9-16(10-12-28)14-25-21(29)18-3-1-2-4-19(18)24/h1-8,16H,9-14H2,(H,25,29). The number of benzene rings is 2. The summed E-state index contributed by atoms with van der Waals surface area (Å²) in [5, 5.41) is 5.21. The highest BCUT2D eigenvalue weighted by atomic mass is 35.5. The SMILES string of the molecule is O=C(NCC1CCN(c2nc(Cc3ccc(Cl)cc3)ns2)CC1)c1ccccc1Cl. The number of carbonyl (C=O) groups excluding carboxylic acids is 1. The Hall–Kier alpha value is -2.15. The van der Waals surface area contributed by atoms with Crippen LogP contribution in [0.25, 0.3) is 0 Å². The third-order valence-electron chi connectivity index (χ3n) is 5.29. The quantitative estimate of drug-likeness (QED) is 0.556. The van der Waals surface area contributed by atoms with Crippen LogP contribution in [0.1, 0.15) is 34.6 Å². The van der Waals surface area contributed by atoms with E-state index in [0.717, 1.165) is 47.5 Å². The molecular weight excluding hydrogens is 439 g/mol. The average molecular weight is 461 g/mol. The molecule has 0 spiro atoms. The maximum absolute atomic E-state index is 12.3. The Morgan fingerprint density at radius 2 is 1.83 bits per heavy atom. The van der Waals surface area contributed by atoms with Crippen LogP contribution in [0.5, 0.6) is 0 Å². The zero-order valence-corrected chi connectivity index (χ0v) is 18.7. The molecule has 0 aliphatic carbocycles. The first-order valence-electron chi connectivity index (χ1n) is 9.93. The second kappa shape index (κ2) is 9.77. The monoisotopic (exact) mass is 460 g/mol. The van der Waals surface area contributed by atoms with Crippen molar-refractivity contribution >= 4 is 45.8 Å². The summed E-state index contributed by atoms with van der Waals surface area (Å²) in [6, 6.07) is 14.9. The molecule has 1 fully saturated rings. The molecule has 1 N–H and O–H groups in total. The van der Waals surface area contributed by atoms with Gasteiger partial charge in [0.2, 0.25) is 5.13 Å². The predicted molar refractivity (Wildman–Crippen MR) is 123 cm³/mol. The van der Waals surface area contributed by atoms with Crippen LogP contribution in [-0.4, -0.2) is 34.9 Å². The van der Waals surface area contributed by atoms with Gasteiger partial charge >= 0.3 is 0 Å². The topological polar surface area (TPSA) is 58.1 Å². The minimum atomic E-state index is -0.112. The van der Waals surface area contributed by atoms with Crippen molar-refractivity contribution in [2.24, 2.45) is 5.92 Å². The molecule has 1 amide bonds. The van der Waals surface area contributed by atoms with Gasteiger partial charge in [0.15, 0.2) is 0 Å². The van der Waals surface area contributed by atoms with Gasteiger partial charge in [-0.2, -0.15) is 4.37 Å². The van der Waals surface area contributed by atoms with E-state index in [1.54, 1.807) is 12.1 Å². The zero-order chi connectivity index (χ0) is 20.9. The maximum atomic E-state index is 12.3. The molecule has 156 valence electrons. The number of nitrogens with zero attached hydrogens (tertiary/aromatic N) is 3. The molecule has 4 rings (SSSR count). The van der Waals surface area contributed by atoms with Crippen LogP contribution < -0.4 is 10.2 Å². The van der Waals surface area contributed by atoms with Crippen molar-refractivity contribution in [3.05, 3.63) is 75.5 Å². The molecular formula is C22H22Cl2N4OS. The summed E-state index contributed by atoms with van der Waals surface area (Å²) in [4.78, 5) is 19.3. The normalized spacial score (nSPS) is 14.7. The van der Waals surface area contributed by atoms with Crippen molar-refractivity contribution in [3.8, 4) is 0 Å². The third kappa shape index (κ3) is 5.31. The van der Waals surface area contributed by atoms with Crippen molar-refractivity contribution in [2.45, 2.75) is 19.3 Å². The highest BCUT2D eigenvalue weighted by molar-refractivity contribution is 7.09. The Balaban J connectivity index is 1.25. The summed E-state index contributed by atoms with van der Waals surface area (Å²) in [5.74, 6) is 1.18. The number of hydrogen-bond acceptors (Lipinski definition) is 5. The van der Waals surface area contributed by atoms with Crippen LogP contribution in [0, 0.1) is 5.92 Å². The van der Waals surface area contributed by atoms with E-state index in [9.17, 15) is 4.79 Å². The summed E-state index contributed by atoms with van der Waals surface area (Å²) in [5.41, 5.74) is 1.68. The summed E-state index contributed by atoms with van der Waals surface area (Å²) in [6.45, 7) is 2.50. The maximum Gasteiger partial charge on any atom is 0.252 e. The Bertz CT molecular complexity index is 1000. The third-order valence-corrected chi connectivity index (χ3v) is 6.68. The van der Waals surface area contributed by atoms with Crippen molar-refractivity contribution in [3.63, 3.8) is 0 Å². The van der Waals surface area contributed by atoms with E-state index in [0.29, 0.717) is 29.5 Å².